The van der Waals surface area contributed by atoms with E-state index in [0.717, 1.165) is 12.0 Å². The van der Waals surface area contributed by atoms with Gasteiger partial charge < -0.3 is 10.0 Å². The minimum atomic E-state index is -0.847. The fraction of sp³-hybridized carbons (Fsp3) is 0.500. The number of aliphatic carboxylic acids is 1. The Kier molecular flexibility index (Phi) is 3.04. The van der Waals surface area contributed by atoms with E-state index in [-0.39, 0.29) is 17.9 Å². The molecule has 2 fully saturated rings. The van der Waals surface area contributed by atoms with Crippen LogP contribution in [0.25, 0.3) is 0 Å². The van der Waals surface area contributed by atoms with Gasteiger partial charge in [-0.15, -0.1) is 0 Å². The van der Waals surface area contributed by atoms with Crippen LogP contribution in [0.5, 0.6) is 0 Å². The zero-order valence-corrected chi connectivity index (χ0v) is 11.6. The second kappa shape index (κ2) is 4.62. The van der Waals surface area contributed by atoms with E-state index in [9.17, 15) is 14.7 Å². The van der Waals surface area contributed by atoms with E-state index in [2.05, 4.69) is 0 Å². The molecule has 20 heavy (non-hydrogen) atoms. The maximum Gasteiger partial charge on any atom is 0.312 e. The summed E-state index contributed by atoms with van der Waals surface area (Å²) in [7, 11) is 0. The Morgan fingerprint density at radius 2 is 2.10 bits per heavy atom. The molecular weight excluding hydrogens is 254 g/mol. The Labute approximate surface area is 118 Å². The molecule has 0 spiro atoms. The van der Waals surface area contributed by atoms with E-state index in [1.54, 1.807) is 4.90 Å². The number of carbonyl (C=O) groups is 2. The molecule has 1 aromatic rings. The Bertz CT molecular complexity index is 542. The first-order valence-electron chi connectivity index (χ1n) is 7.15. The van der Waals surface area contributed by atoms with E-state index in [1.807, 2.05) is 37.3 Å². The Morgan fingerprint density at radius 1 is 1.40 bits per heavy atom. The van der Waals surface area contributed by atoms with Crippen LogP contribution in [0.1, 0.15) is 37.8 Å². The van der Waals surface area contributed by atoms with E-state index in [4.69, 9.17) is 0 Å². The monoisotopic (exact) mass is 273 g/mol. The lowest BCUT2D eigenvalue weighted by Crippen LogP contribution is -2.36. The maximum atomic E-state index is 12.6. The Hall–Kier alpha value is -1.84. The molecule has 1 heterocycles. The van der Waals surface area contributed by atoms with Crippen LogP contribution in [0, 0.1) is 11.3 Å². The Balaban J connectivity index is 1.90. The predicted octanol–water partition coefficient (Wildman–Crippen LogP) is 2.46. The highest BCUT2D eigenvalue weighted by molar-refractivity contribution is 5.92. The van der Waals surface area contributed by atoms with Gasteiger partial charge in [-0.1, -0.05) is 36.8 Å². The van der Waals surface area contributed by atoms with Gasteiger partial charge in [0, 0.05) is 6.54 Å². The van der Waals surface area contributed by atoms with Gasteiger partial charge >= 0.3 is 5.97 Å². The summed E-state index contributed by atoms with van der Waals surface area (Å²) < 4.78 is 0. The fourth-order valence-electron chi connectivity index (χ4n) is 3.77. The lowest BCUT2D eigenvalue weighted by Gasteiger charge is -2.27. The summed E-state index contributed by atoms with van der Waals surface area (Å²) >= 11 is 0. The summed E-state index contributed by atoms with van der Waals surface area (Å²) in [6, 6.07) is 9.74. The number of likely N-dealkylation sites (tertiary alicyclic amines) is 1. The van der Waals surface area contributed by atoms with Gasteiger partial charge in [-0.2, -0.15) is 0 Å². The number of fused-ring (bicyclic) bond motifs is 1. The SMILES string of the molecule is C[C@H](c1ccccc1)N1C[C@]2(C(=O)O)CCC[C@@H]2C1=O. The average molecular weight is 273 g/mol. The van der Waals surface area contributed by atoms with Gasteiger partial charge in [0.2, 0.25) is 5.91 Å². The summed E-state index contributed by atoms with van der Waals surface area (Å²) in [5.41, 5.74) is 0.210. The normalized spacial score (nSPS) is 30.4. The van der Waals surface area contributed by atoms with Crippen molar-refractivity contribution in [2.45, 2.75) is 32.2 Å². The molecule has 4 nitrogen and oxygen atoms in total. The van der Waals surface area contributed by atoms with Crippen LogP contribution in [0.3, 0.4) is 0 Å². The molecule has 1 aliphatic carbocycles. The molecule has 0 radical (unpaired) electrons. The van der Waals surface area contributed by atoms with Gasteiger partial charge in [-0.25, -0.2) is 0 Å². The molecular formula is C16H19NO3. The molecule has 4 heteroatoms. The highest BCUT2D eigenvalue weighted by Crippen LogP contribution is 2.51. The summed E-state index contributed by atoms with van der Waals surface area (Å²) in [5.74, 6) is -1.12. The predicted molar refractivity (Wildman–Crippen MR) is 74.0 cm³/mol. The van der Waals surface area contributed by atoms with Crippen molar-refractivity contribution in [2.24, 2.45) is 11.3 Å². The zero-order chi connectivity index (χ0) is 14.3. The zero-order valence-electron chi connectivity index (χ0n) is 11.6. The number of carboxylic acids is 1. The maximum absolute atomic E-state index is 12.6. The summed E-state index contributed by atoms with van der Waals surface area (Å²) in [4.78, 5) is 26.0. The van der Waals surface area contributed by atoms with Crippen molar-refractivity contribution in [1.29, 1.82) is 0 Å². The van der Waals surface area contributed by atoms with E-state index < -0.39 is 11.4 Å². The fourth-order valence-corrected chi connectivity index (χ4v) is 3.77. The van der Waals surface area contributed by atoms with Crippen molar-refractivity contribution in [2.75, 3.05) is 6.54 Å². The van der Waals surface area contributed by atoms with Crippen molar-refractivity contribution in [3.8, 4) is 0 Å². The largest absolute Gasteiger partial charge is 0.481 e. The van der Waals surface area contributed by atoms with Crippen LogP contribution in [-0.4, -0.2) is 28.4 Å². The van der Waals surface area contributed by atoms with Gasteiger partial charge in [-0.05, 0) is 25.3 Å². The Morgan fingerprint density at radius 3 is 2.70 bits per heavy atom. The minimum absolute atomic E-state index is 0.0150. The van der Waals surface area contributed by atoms with Crippen LogP contribution in [-0.2, 0) is 9.59 Å². The number of carbonyl (C=O) groups excluding carboxylic acids is 1. The van der Waals surface area contributed by atoms with Gasteiger partial charge in [0.15, 0.2) is 0 Å². The van der Waals surface area contributed by atoms with Crippen molar-refractivity contribution < 1.29 is 14.7 Å². The van der Waals surface area contributed by atoms with Gasteiger partial charge in [0.05, 0.1) is 17.4 Å². The van der Waals surface area contributed by atoms with Crippen LogP contribution in [0.4, 0.5) is 0 Å². The molecule has 0 unspecified atom stereocenters. The van der Waals surface area contributed by atoms with Gasteiger partial charge in [-0.3, -0.25) is 9.59 Å². The highest BCUT2D eigenvalue weighted by Gasteiger charge is 2.60. The lowest BCUT2D eigenvalue weighted by atomic mass is 9.80. The first kappa shape index (κ1) is 13.2. The van der Waals surface area contributed by atoms with Crippen LogP contribution >= 0.6 is 0 Å². The molecule has 3 atom stereocenters. The third-order valence-corrected chi connectivity index (χ3v) is 4.99. The number of nitrogens with zero attached hydrogens (tertiary/aromatic N) is 1. The van der Waals surface area contributed by atoms with Gasteiger partial charge in [0.25, 0.3) is 0 Å². The summed E-state index contributed by atoms with van der Waals surface area (Å²) in [6.45, 7) is 2.33. The highest BCUT2D eigenvalue weighted by atomic mass is 16.4. The van der Waals surface area contributed by atoms with Crippen molar-refractivity contribution in [3.05, 3.63) is 35.9 Å². The minimum Gasteiger partial charge on any atom is -0.481 e. The topological polar surface area (TPSA) is 57.6 Å². The number of carboxylic acid groups (broad SMARTS) is 1. The molecule has 0 aromatic heterocycles. The van der Waals surface area contributed by atoms with E-state index in [1.165, 1.54) is 0 Å². The standard InChI is InChI=1S/C16H19NO3/c1-11(12-6-3-2-4-7-12)17-10-16(15(19)20)9-5-8-13(16)14(17)18/h2-4,6-7,11,13H,5,8-10H2,1H3,(H,19,20)/t11-,13-,16-/m1/s1. The molecule has 2 aliphatic rings. The quantitative estimate of drug-likeness (QED) is 0.920. The van der Waals surface area contributed by atoms with Crippen molar-refractivity contribution >= 4 is 11.9 Å². The van der Waals surface area contributed by atoms with Crippen molar-refractivity contribution in [1.82, 2.24) is 4.90 Å². The second-order valence-electron chi connectivity index (χ2n) is 5.96. The van der Waals surface area contributed by atoms with Gasteiger partial charge in [0.1, 0.15) is 0 Å². The molecule has 106 valence electrons. The molecule has 1 aliphatic heterocycles. The number of amides is 1. The van der Waals surface area contributed by atoms with Crippen LogP contribution in [0.2, 0.25) is 0 Å². The first-order chi connectivity index (χ1) is 9.56. The van der Waals surface area contributed by atoms with Crippen LogP contribution < -0.4 is 0 Å². The third-order valence-electron chi connectivity index (χ3n) is 4.99. The summed E-state index contributed by atoms with van der Waals surface area (Å²) in [5, 5.41) is 9.58. The molecule has 1 aromatic carbocycles. The summed E-state index contributed by atoms with van der Waals surface area (Å²) in [6.07, 6.45) is 2.18. The lowest BCUT2D eigenvalue weighted by molar-refractivity contribution is -0.150. The number of hydrogen-bond donors (Lipinski definition) is 1. The molecule has 3 rings (SSSR count). The first-order valence-corrected chi connectivity index (χ1v) is 7.15. The number of hydrogen-bond acceptors (Lipinski definition) is 2. The molecule has 1 saturated heterocycles. The van der Waals surface area contributed by atoms with Crippen LogP contribution in [0.15, 0.2) is 30.3 Å². The molecule has 0 bridgehead atoms. The van der Waals surface area contributed by atoms with E-state index >= 15 is 0 Å². The van der Waals surface area contributed by atoms with E-state index in [0.29, 0.717) is 19.4 Å². The number of benzene rings is 1. The average Bonchev–Trinajstić information content (AvgIpc) is 2.99. The molecule has 1 N–H and O–H groups in total. The number of rotatable bonds is 3. The molecule has 1 saturated carbocycles. The third kappa shape index (κ3) is 1.74. The second-order valence-corrected chi connectivity index (χ2v) is 5.96. The smallest absolute Gasteiger partial charge is 0.312 e. The van der Waals surface area contributed by atoms with Crippen molar-refractivity contribution in [3.63, 3.8) is 0 Å². The molecule has 1 amide bonds.